The summed E-state index contributed by atoms with van der Waals surface area (Å²) in [6.07, 6.45) is 1.59. The first kappa shape index (κ1) is 17.1. The van der Waals surface area contributed by atoms with Crippen molar-refractivity contribution in [3.63, 3.8) is 0 Å². The van der Waals surface area contributed by atoms with Gasteiger partial charge in [0.1, 0.15) is 0 Å². The SMILES string of the molecule is CN(/N=C/c1ccccc1C(N)=O)c1nc(-c2ccccc2Cl)cs1. The van der Waals surface area contributed by atoms with Gasteiger partial charge in [0.05, 0.1) is 11.9 Å². The molecule has 0 bridgehead atoms. The summed E-state index contributed by atoms with van der Waals surface area (Å²) in [5.74, 6) is -0.486. The summed E-state index contributed by atoms with van der Waals surface area (Å²) in [4.78, 5) is 16.0. The molecule has 0 radical (unpaired) electrons. The zero-order valence-corrected chi connectivity index (χ0v) is 15.0. The smallest absolute Gasteiger partial charge is 0.249 e. The molecule has 126 valence electrons. The van der Waals surface area contributed by atoms with Crippen LogP contribution in [-0.2, 0) is 0 Å². The van der Waals surface area contributed by atoms with E-state index in [1.165, 1.54) is 11.3 Å². The van der Waals surface area contributed by atoms with Crippen molar-refractivity contribution in [2.75, 3.05) is 12.1 Å². The average Bonchev–Trinajstić information content (AvgIpc) is 3.10. The van der Waals surface area contributed by atoms with Crippen LogP contribution in [0.25, 0.3) is 11.3 Å². The van der Waals surface area contributed by atoms with Crippen LogP contribution in [0.5, 0.6) is 0 Å². The number of primary amides is 1. The van der Waals surface area contributed by atoms with E-state index in [9.17, 15) is 4.79 Å². The molecule has 0 fully saturated rings. The Hall–Kier alpha value is -2.70. The number of nitrogens with zero attached hydrogens (tertiary/aromatic N) is 3. The molecule has 0 aliphatic heterocycles. The highest BCUT2D eigenvalue weighted by molar-refractivity contribution is 7.14. The van der Waals surface area contributed by atoms with E-state index in [0.29, 0.717) is 21.3 Å². The number of hydrogen-bond donors (Lipinski definition) is 1. The van der Waals surface area contributed by atoms with Crippen LogP contribution in [0.2, 0.25) is 5.02 Å². The summed E-state index contributed by atoms with van der Waals surface area (Å²) in [5, 5.41) is 9.29. The van der Waals surface area contributed by atoms with Gasteiger partial charge >= 0.3 is 0 Å². The van der Waals surface area contributed by atoms with Gasteiger partial charge in [0.2, 0.25) is 11.0 Å². The molecule has 1 aromatic heterocycles. The van der Waals surface area contributed by atoms with E-state index in [1.54, 1.807) is 36.5 Å². The first-order valence-electron chi connectivity index (χ1n) is 7.43. The molecule has 1 amide bonds. The molecular formula is C18H15ClN4OS. The molecule has 0 aliphatic rings. The number of carbonyl (C=O) groups excluding carboxylic acids is 1. The van der Waals surface area contributed by atoms with Crippen molar-refractivity contribution in [2.24, 2.45) is 10.8 Å². The predicted octanol–water partition coefficient (Wildman–Crippen LogP) is 4.03. The van der Waals surface area contributed by atoms with Crippen LogP contribution < -0.4 is 10.7 Å². The Labute approximate surface area is 154 Å². The standard InChI is InChI=1S/C18H15ClN4OS/c1-23(21-10-12-6-2-3-7-13(12)17(20)24)18-22-16(11-25-18)14-8-4-5-9-15(14)19/h2-11H,1H3,(H2,20,24)/b21-10+. The van der Waals surface area contributed by atoms with Crippen LogP contribution in [0.4, 0.5) is 5.13 Å². The Balaban J connectivity index is 1.82. The highest BCUT2D eigenvalue weighted by Gasteiger charge is 2.10. The second-order valence-electron chi connectivity index (χ2n) is 5.21. The molecule has 3 rings (SSSR count). The Bertz CT molecular complexity index is 938. The van der Waals surface area contributed by atoms with Crippen molar-refractivity contribution < 1.29 is 4.79 Å². The van der Waals surface area contributed by atoms with E-state index in [4.69, 9.17) is 17.3 Å². The number of hydrazone groups is 1. The Morgan fingerprint density at radius 1 is 1.24 bits per heavy atom. The maximum atomic E-state index is 11.5. The van der Waals surface area contributed by atoms with Crippen LogP contribution >= 0.6 is 22.9 Å². The Morgan fingerprint density at radius 2 is 1.96 bits per heavy atom. The fourth-order valence-corrected chi connectivity index (χ4v) is 3.22. The summed E-state index contributed by atoms with van der Waals surface area (Å²) in [5.41, 5.74) is 8.13. The predicted molar refractivity (Wildman–Crippen MR) is 104 cm³/mol. The zero-order chi connectivity index (χ0) is 17.8. The van der Waals surface area contributed by atoms with E-state index in [2.05, 4.69) is 10.1 Å². The van der Waals surface area contributed by atoms with Gasteiger partial charge in [-0.1, -0.05) is 48.0 Å². The van der Waals surface area contributed by atoms with Crippen LogP contribution in [0.15, 0.2) is 59.0 Å². The summed E-state index contributed by atoms with van der Waals surface area (Å²) >= 11 is 7.67. The fourth-order valence-electron chi connectivity index (χ4n) is 2.24. The second-order valence-corrected chi connectivity index (χ2v) is 6.46. The monoisotopic (exact) mass is 370 g/mol. The lowest BCUT2D eigenvalue weighted by atomic mass is 10.1. The molecule has 0 aliphatic carbocycles. The van der Waals surface area contributed by atoms with Gasteiger partial charge in [-0.2, -0.15) is 5.10 Å². The minimum Gasteiger partial charge on any atom is -0.366 e. The maximum Gasteiger partial charge on any atom is 0.249 e. The Morgan fingerprint density at radius 3 is 2.72 bits per heavy atom. The molecule has 1 heterocycles. The number of halogens is 1. The van der Waals surface area contributed by atoms with E-state index in [1.807, 2.05) is 35.7 Å². The first-order chi connectivity index (χ1) is 12.1. The zero-order valence-electron chi connectivity index (χ0n) is 13.4. The van der Waals surface area contributed by atoms with Gasteiger partial charge in [0.15, 0.2) is 0 Å². The molecule has 0 saturated carbocycles. The molecule has 2 aromatic carbocycles. The third-order valence-electron chi connectivity index (χ3n) is 3.51. The van der Waals surface area contributed by atoms with Crippen LogP contribution in [0, 0.1) is 0 Å². The van der Waals surface area contributed by atoms with Crippen molar-refractivity contribution in [3.05, 3.63) is 70.1 Å². The van der Waals surface area contributed by atoms with E-state index < -0.39 is 5.91 Å². The molecule has 25 heavy (non-hydrogen) atoms. The minimum absolute atomic E-state index is 0.426. The lowest BCUT2D eigenvalue weighted by Gasteiger charge is -2.08. The molecule has 7 heteroatoms. The highest BCUT2D eigenvalue weighted by Crippen LogP contribution is 2.31. The largest absolute Gasteiger partial charge is 0.366 e. The number of rotatable bonds is 5. The van der Waals surface area contributed by atoms with Crippen molar-refractivity contribution >= 4 is 40.2 Å². The molecule has 0 saturated heterocycles. The summed E-state index contributed by atoms with van der Waals surface area (Å²) in [7, 11) is 1.79. The van der Waals surface area contributed by atoms with E-state index in [-0.39, 0.29) is 0 Å². The summed E-state index contributed by atoms with van der Waals surface area (Å²) < 4.78 is 0. The van der Waals surface area contributed by atoms with Crippen molar-refractivity contribution in [3.8, 4) is 11.3 Å². The molecule has 0 atom stereocenters. The van der Waals surface area contributed by atoms with Gasteiger partial charge in [-0.25, -0.2) is 9.99 Å². The number of thiazole rings is 1. The maximum absolute atomic E-state index is 11.5. The second kappa shape index (κ2) is 7.46. The molecule has 5 nitrogen and oxygen atoms in total. The van der Waals surface area contributed by atoms with Crippen molar-refractivity contribution in [1.29, 1.82) is 0 Å². The quantitative estimate of drug-likeness (QED) is 0.544. The number of amides is 1. The number of hydrogen-bond acceptors (Lipinski definition) is 5. The summed E-state index contributed by atoms with van der Waals surface area (Å²) in [6.45, 7) is 0. The fraction of sp³-hybridized carbons (Fsp3) is 0.0556. The number of aromatic nitrogens is 1. The van der Waals surface area contributed by atoms with Gasteiger partial charge < -0.3 is 5.73 Å². The summed E-state index contributed by atoms with van der Waals surface area (Å²) in [6, 6.07) is 14.6. The van der Waals surface area contributed by atoms with Gasteiger partial charge in [0, 0.05) is 34.1 Å². The minimum atomic E-state index is -0.486. The molecule has 3 aromatic rings. The first-order valence-corrected chi connectivity index (χ1v) is 8.69. The van der Waals surface area contributed by atoms with Crippen LogP contribution in [-0.4, -0.2) is 24.2 Å². The molecular weight excluding hydrogens is 356 g/mol. The van der Waals surface area contributed by atoms with Crippen molar-refractivity contribution in [1.82, 2.24) is 4.98 Å². The molecule has 0 unspecified atom stereocenters. The van der Waals surface area contributed by atoms with Gasteiger partial charge in [-0.3, -0.25) is 4.79 Å². The van der Waals surface area contributed by atoms with Gasteiger partial charge in [0.25, 0.3) is 0 Å². The number of benzene rings is 2. The third-order valence-corrected chi connectivity index (χ3v) is 4.75. The third kappa shape index (κ3) is 3.87. The van der Waals surface area contributed by atoms with Crippen molar-refractivity contribution in [2.45, 2.75) is 0 Å². The Kier molecular flexibility index (Phi) is 5.11. The number of anilines is 1. The van der Waals surface area contributed by atoms with Gasteiger partial charge in [-0.05, 0) is 12.1 Å². The number of nitrogens with two attached hydrogens (primary N) is 1. The van der Waals surface area contributed by atoms with E-state index >= 15 is 0 Å². The van der Waals surface area contributed by atoms with E-state index in [0.717, 1.165) is 11.3 Å². The average molecular weight is 371 g/mol. The molecule has 2 N–H and O–H groups in total. The lowest BCUT2D eigenvalue weighted by molar-refractivity contribution is 0.1000. The topological polar surface area (TPSA) is 71.6 Å². The number of carbonyl (C=O) groups is 1. The lowest BCUT2D eigenvalue weighted by Crippen LogP contribution is -2.14. The highest BCUT2D eigenvalue weighted by atomic mass is 35.5. The van der Waals surface area contributed by atoms with Gasteiger partial charge in [-0.15, -0.1) is 11.3 Å². The van der Waals surface area contributed by atoms with Crippen LogP contribution in [0.3, 0.4) is 0 Å². The molecule has 0 spiro atoms. The van der Waals surface area contributed by atoms with Crippen LogP contribution in [0.1, 0.15) is 15.9 Å². The normalized spacial score (nSPS) is 11.0.